The van der Waals surface area contributed by atoms with Gasteiger partial charge >= 0.3 is 0 Å². The Labute approximate surface area is 102 Å². The maximum Gasteiger partial charge on any atom is 0.123 e. The molecule has 1 unspecified atom stereocenters. The minimum Gasteiger partial charge on any atom is -0.311 e. The second-order valence-corrected chi connectivity index (χ2v) is 5.71. The molecule has 1 N–H and O–H groups in total. The minimum atomic E-state index is -0.106. The average Bonchev–Trinajstić information content (AvgIpc) is 3.05. The zero-order valence-electron chi connectivity index (χ0n) is 10.3. The third-order valence-electron chi connectivity index (χ3n) is 4.29. The Morgan fingerprint density at radius 1 is 1.29 bits per heavy atom. The van der Waals surface area contributed by atoms with Crippen LogP contribution in [0.15, 0.2) is 24.3 Å². The third kappa shape index (κ3) is 2.52. The van der Waals surface area contributed by atoms with Crippen LogP contribution in [0, 0.1) is 11.7 Å². The largest absolute Gasteiger partial charge is 0.311 e. The van der Waals surface area contributed by atoms with Crippen molar-refractivity contribution < 1.29 is 4.39 Å². The lowest BCUT2D eigenvalue weighted by Gasteiger charge is -2.38. The molecule has 0 aromatic heterocycles. The SMILES string of the molecule is CC(NC1CC(c2cccc(F)c2)C1)C1CC1. The number of halogens is 1. The van der Waals surface area contributed by atoms with Crippen molar-refractivity contribution in [2.45, 2.75) is 50.6 Å². The van der Waals surface area contributed by atoms with E-state index in [1.165, 1.54) is 37.3 Å². The maximum atomic E-state index is 13.1. The van der Waals surface area contributed by atoms with Crippen molar-refractivity contribution in [3.8, 4) is 0 Å². The van der Waals surface area contributed by atoms with Crippen LogP contribution in [-0.2, 0) is 0 Å². The van der Waals surface area contributed by atoms with Gasteiger partial charge in [-0.25, -0.2) is 4.39 Å². The topological polar surface area (TPSA) is 12.0 Å². The van der Waals surface area contributed by atoms with Gasteiger partial charge in [0.2, 0.25) is 0 Å². The first kappa shape index (κ1) is 11.2. The molecule has 17 heavy (non-hydrogen) atoms. The fraction of sp³-hybridized carbons (Fsp3) is 0.600. The van der Waals surface area contributed by atoms with Crippen LogP contribution in [0.2, 0.25) is 0 Å². The molecule has 2 fully saturated rings. The van der Waals surface area contributed by atoms with Crippen LogP contribution in [0.5, 0.6) is 0 Å². The number of rotatable bonds is 4. The Balaban J connectivity index is 1.50. The van der Waals surface area contributed by atoms with Crippen molar-refractivity contribution >= 4 is 0 Å². The monoisotopic (exact) mass is 233 g/mol. The van der Waals surface area contributed by atoms with E-state index in [9.17, 15) is 4.39 Å². The molecule has 0 spiro atoms. The summed E-state index contributed by atoms with van der Waals surface area (Å²) >= 11 is 0. The Morgan fingerprint density at radius 2 is 2.06 bits per heavy atom. The van der Waals surface area contributed by atoms with Gasteiger partial charge in [-0.15, -0.1) is 0 Å². The van der Waals surface area contributed by atoms with E-state index in [-0.39, 0.29) is 5.82 Å². The van der Waals surface area contributed by atoms with Crippen molar-refractivity contribution in [3.05, 3.63) is 35.6 Å². The molecule has 1 aromatic carbocycles. The van der Waals surface area contributed by atoms with Crippen LogP contribution in [0.4, 0.5) is 4.39 Å². The van der Waals surface area contributed by atoms with Gasteiger partial charge in [0.05, 0.1) is 0 Å². The quantitative estimate of drug-likeness (QED) is 0.839. The van der Waals surface area contributed by atoms with Crippen LogP contribution < -0.4 is 5.32 Å². The van der Waals surface area contributed by atoms with Gasteiger partial charge in [0.1, 0.15) is 5.82 Å². The molecule has 2 heteroatoms. The number of nitrogens with one attached hydrogen (secondary N) is 1. The second-order valence-electron chi connectivity index (χ2n) is 5.71. The first-order valence-electron chi connectivity index (χ1n) is 6.74. The smallest absolute Gasteiger partial charge is 0.123 e. The van der Waals surface area contributed by atoms with E-state index < -0.39 is 0 Å². The summed E-state index contributed by atoms with van der Waals surface area (Å²) in [5.41, 5.74) is 1.17. The van der Waals surface area contributed by atoms with E-state index >= 15 is 0 Å². The lowest BCUT2D eigenvalue weighted by Crippen LogP contribution is -2.45. The molecule has 2 aliphatic carbocycles. The second kappa shape index (κ2) is 4.41. The van der Waals surface area contributed by atoms with E-state index in [0.29, 0.717) is 18.0 Å². The number of hydrogen-bond acceptors (Lipinski definition) is 1. The lowest BCUT2D eigenvalue weighted by atomic mass is 9.75. The highest BCUT2D eigenvalue weighted by molar-refractivity contribution is 5.23. The molecule has 0 amide bonds. The zero-order chi connectivity index (χ0) is 11.8. The van der Waals surface area contributed by atoms with Crippen LogP contribution in [0.3, 0.4) is 0 Å². The molecule has 3 rings (SSSR count). The van der Waals surface area contributed by atoms with Gasteiger partial charge in [-0.2, -0.15) is 0 Å². The van der Waals surface area contributed by atoms with Crippen LogP contribution in [0.1, 0.15) is 44.1 Å². The van der Waals surface area contributed by atoms with Gasteiger partial charge < -0.3 is 5.32 Å². The van der Waals surface area contributed by atoms with Crippen molar-refractivity contribution in [2.75, 3.05) is 0 Å². The first-order chi connectivity index (χ1) is 8.22. The normalized spacial score (nSPS) is 29.8. The summed E-state index contributed by atoms with van der Waals surface area (Å²) in [6, 6.07) is 8.40. The van der Waals surface area contributed by atoms with Crippen molar-refractivity contribution in [3.63, 3.8) is 0 Å². The number of hydrogen-bond donors (Lipinski definition) is 1. The van der Waals surface area contributed by atoms with Crippen LogP contribution >= 0.6 is 0 Å². The summed E-state index contributed by atoms with van der Waals surface area (Å²) in [5.74, 6) is 1.38. The molecule has 92 valence electrons. The molecule has 2 aliphatic rings. The van der Waals surface area contributed by atoms with E-state index in [4.69, 9.17) is 0 Å². The number of benzene rings is 1. The average molecular weight is 233 g/mol. The summed E-state index contributed by atoms with van der Waals surface area (Å²) in [6.07, 6.45) is 5.13. The Bertz CT molecular complexity index is 394. The predicted octanol–water partition coefficient (Wildman–Crippen LogP) is 3.46. The van der Waals surface area contributed by atoms with Gasteiger partial charge in [-0.1, -0.05) is 12.1 Å². The predicted molar refractivity (Wildman–Crippen MR) is 67.5 cm³/mol. The standard InChI is InChI=1S/C15H20FN/c1-10(11-5-6-11)17-15-8-13(9-15)12-3-2-4-14(16)7-12/h2-4,7,10-11,13,15,17H,5-6,8-9H2,1H3. The van der Waals surface area contributed by atoms with Crippen molar-refractivity contribution in [1.82, 2.24) is 5.32 Å². The van der Waals surface area contributed by atoms with Crippen molar-refractivity contribution in [2.24, 2.45) is 5.92 Å². The van der Waals surface area contributed by atoms with E-state index in [1.54, 1.807) is 6.07 Å². The molecular formula is C15H20FN. The fourth-order valence-corrected chi connectivity index (χ4v) is 2.89. The van der Waals surface area contributed by atoms with Gasteiger partial charge in [-0.3, -0.25) is 0 Å². The summed E-state index contributed by atoms with van der Waals surface area (Å²) < 4.78 is 13.1. The first-order valence-corrected chi connectivity index (χ1v) is 6.74. The maximum absolute atomic E-state index is 13.1. The Morgan fingerprint density at radius 3 is 2.71 bits per heavy atom. The van der Waals surface area contributed by atoms with Gasteiger partial charge in [0.25, 0.3) is 0 Å². The highest BCUT2D eigenvalue weighted by Crippen LogP contribution is 2.39. The Kier molecular flexibility index (Phi) is 2.91. The highest BCUT2D eigenvalue weighted by Gasteiger charge is 2.35. The molecular weight excluding hydrogens is 213 g/mol. The molecule has 1 atom stereocenters. The Hall–Kier alpha value is -0.890. The molecule has 0 heterocycles. The minimum absolute atomic E-state index is 0.106. The molecule has 2 saturated carbocycles. The zero-order valence-corrected chi connectivity index (χ0v) is 10.3. The molecule has 0 bridgehead atoms. The molecule has 0 aliphatic heterocycles. The van der Waals surface area contributed by atoms with Crippen molar-refractivity contribution in [1.29, 1.82) is 0 Å². The molecule has 1 aromatic rings. The van der Waals surface area contributed by atoms with E-state index in [2.05, 4.69) is 12.2 Å². The van der Waals surface area contributed by atoms with E-state index in [0.717, 1.165) is 5.92 Å². The van der Waals surface area contributed by atoms with Gasteiger partial charge in [0, 0.05) is 12.1 Å². The van der Waals surface area contributed by atoms with Crippen LogP contribution in [0.25, 0.3) is 0 Å². The molecule has 0 saturated heterocycles. The molecule has 0 radical (unpaired) electrons. The van der Waals surface area contributed by atoms with Gasteiger partial charge in [-0.05, 0) is 62.1 Å². The summed E-state index contributed by atoms with van der Waals surface area (Å²) in [5, 5.41) is 3.70. The summed E-state index contributed by atoms with van der Waals surface area (Å²) in [6.45, 7) is 2.30. The lowest BCUT2D eigenvalue weighted by molar-refractivity contribution is 0.260. The fourth-order valence-electron chi connectivity index (χ4n) is 2.89. The molecule has 1 nitrogen and oxygen atoms in total. The summed E-state index contributed by atoms with van der Waals surface area (Å²) in [4.78, 5) is 0. The van der Waals surface area contributed by atoms with E-state index in [1.807, 2.05) is 12.1 Å². The third-order valence-corrected chi connectivity index (χ3v) is 4.29. The highest BCUT2D eigenvalue weighted by atomic mass is 19.1. The summed E-state index contributed by atoms with van der Waals surface area (Å²) in [7, 11) is 0. The van der Waals surface area contributed by atoms with Crippen LogP contribution in [-0.4, -0.2) is 12.1 Å². The van der Waals surface area contributed by atoms with Gasteiger partial charge in [0.15, 0.2) is 0 Å².